The fraction of sp³-hybridized carbons (Fsp3) is 0.455. The van der Waals surface area contributed by atoms with Gasteiger partial charge in [-0.15, -0.1) is 13.2 Å². The van der Waals surface area contributed by atoms with Gasteiger partial charge in [-0.05, 0) is 18.6 Å². The van der Waals surface area contributed by atoms with Crippen molar-refractivity contribution in [3.63, 3.8) is 0 Å². The molecule has 0 aliphatic carbocycles. The summed E-state index contributed by atoms with van der Waals surface area (Å²) in [5.74, 6) is -1.08. The molecule has 0 aliphatic heterocycles. The van der Waals surface area contributed by atoms with E-state index >= 15 is 0 Å². The van der Waals surface area contributed by atoms with Crippen LogP contribution in [0.2, 0.25) is 0 Å². The van der Waals surface area contributed by atoms with Crippen molar-refractivity contribution in [2.75, 3.05) is 7.11 Å². The molecule has 8 heteroatoms. The van der Waals surface area contributed by atoms with Crippen LogP contribution >= 0.6 is 0 Å². The zero-order valence-electron chi connectivity index (χ0n) is 10.4. The van der Waals surface area contributed by atoms with Crippen molar-refractivity contribution in [3.05, 3.63) is 23.0 Å². The van der Waals surface area contributed by atoms with Crippen LogP contribution in [0, 0.1) is 6.92 Å². The average molecular weight is 278 g/mol. The number of hydrogen-bond donors (Lipinski definition) is 1. The van der Waals surface area contributed by atoms with E-state index in [1.54, 1.807) is 6.92 Å². The van der Waals surface area contributed by atoms with E-state index in [0.717, 1.165) is 6.07 Å². The Balaban J connectivity index is 3.14. The van der Waals surface area contributed by atoms with Gasteiger partial charge in [0, 0.05) is 12.2 Å². The normalized spacial score (nSPS) is 11.3. The number of nitrogens with two attached hydrogens (primary N) is 1. The summed E-state index contributed by atoms with van der Waals surface area (Å²) in [7, 11) is 1.19. The third-order valence-corrected chi connectivity index (χ3v) is 2.34. The van der Waals surface area contributed by atoms with E-state index in [9.17, 15) is 18.0 Å². The zero-order valence-corrected chi connectivity index (χ0v) is 10.4. The lowest BCUT2D eigenvalue weighted by Crippen LogP contribution is -2.20. The lowest BCUT2D eigenvalue weighted by molar-refractivity contribution is -0.275. The van der Waals surface area contributed by atoms with Gasteiger partial charge < -0.3 is 15.2 Å². The van der Waals surface area contributed by atoms with Crippen LogP contribution in [0.4, 0.5) is 13.2 Å². The van der Waals surface area contributed by atoms with Gasteiger partial charge in [-0.3, -0.25) is 9.78 Å². The number of ether oxygens (including phenoxy) is 2. The Hall–Kier alpha value is -1.83. The smallest absolute Gasteiger partial charge is 0.469 e. The van der Waals surface area contributed by atoms with Crippen LogP contribution in [0.3, 0.4) is 0 Å². The number of methoxy groups -OCH3 is 1. The lowest BCUT2D eigenvalue weighted by Gasteiger charge is -2.14. The summed E-state index contributed by atoms with van der Waals surface area (Å²) in [6.45, 7) is 1.36. The second-order valence-corrected chi connectivity index (χ2v) is 3.68. The molecule has 0 atom stereocenters. The van der Waals surface area contributed by atoms with E-state index in [1.807, 2.05) is 0 Å². The Kier molecular flexibility index (Phi) is 4.71. The highest BCUT2D eigenvalue weighted by Crippen LogP contribution is 2.27. The fourth-order valence-electron chi connectivity index (χ4n) is 1.44. The molecule has 1 rings (SSSR count). The van der Waals surface area contributed by atoms with E-state index < -0.39 is 18.1 Å². The first-order valence-electron chi connectivity index (χ1n) is 5.29. The summed E-state index contributed by atoms with van der Waals surface area (Å²) in [5, 5.41) is 0. The molecule has 0 amide bonds. The number of esters is 1. The van der Waals surface area contributed by atoms with Gasteiger partial charge in [0.1, 0.15) is 0 Å². The molecule has 1 aromatic rings. The van der Waals surface area contributed by atoms with Crippen LogP contribution in [0.25, 0.3) is 0 Å². The van der Waals surface area contributed by atoms with E-state index in [2.05, 4.69) is 14.5 Å². The number of carbonyl (C=O) groups is 1. The fourth-order valence-corrected chi connectivity index (χ4v) is 1.44. The first-order valence-corrected chi connectivity index (χ1v) is 5.29. The molecule has 2 N–H and O–H groups in total. The number of aromatic nitrogens is 1. The SMILES string of the molecule is COC(=O)Cc1cc(OC(F)(F)F)c(CN)nc1C. The molecule has 0 fully saturated rings. The number of hydrogen-bond acceptors (Lipinski definition) is 5. The van der Waals surface area contributed by atoms with Gasteiger partial charge in [0.05, 0.1) is 19.2 Å². The number of rotatable bonds is 4. The van der Waals surface area contributed by atoms with Crippen molar-refractivity contribution in [1.29, 1.82) is 0 Å². The van der Waals surface area contributed by atoms with Crippen molar-refractivity contribution in [2.45, 2.75) is 26.3 Å². The summed E-state index contributed by atoms with van der Waals surface area (Å²) < 4.78 is 45.0. The highest BCUT2D eigenvalue weighted by Gasteiger charge is 2.32. The number of pyridine rings is 1. The Morgan fingerprint density at radius 2 is 2.11 bits per heavy atom. The molecule has 19 heavy (non-hydrogen) atoms. The molecular weight excluding hydrogens is 265 g/mol. The van der Waals surface area contributed by atoms with Crippen molar-refractivity contribution in [2.24, 2.45) is 5.73 Å². The van der Waals surface area contributed by atoms with Crippen molar-refractivity contribution < 1.29 is 27.4 Å². The molecule has 1 aromatic heterocycles. The summed E-state index contributed by atoms with van der Waals surface area (Å²) in [6, 6.07) is 1.11. The molecule has 1 heterocycles. The van der Waals surface area contributed by atoms with Crippen LogP contribution in [0.15, 0.2) is 6.07 Å². The van der Waals surface area contributed by atoms with Crippen LogP contribution < -0.4 is 10.5 Å². The Morgan fingerprint density at radius 3 is 2.58 bits per heavy atom. The molecule has 0 spiro atoms. The average Bonchev–Trinajstić information content (AvgIpc) is 2.30. The minimum atomic E-state index is -4.84. The predicted octanol–water partition coefficient (Wildman–Crippen LogP) is 1.46. The minimum absolute atomic E-state index is 0.0246. The first-order chi connectivity index (χ1) is 8.76. The summed E-state index contributed by atoms with van der Waals surface area (Å²) in [5.41, 5.74) is 5.99. The summed E-state index contributed by atoms with van der Waals surface area (Å²) in [6.07, 6.45) is -5.03. The van der Waals surface area contributed by atoms with E-state index in [-0.39, 0.29) is 18.7 Å². The van der Waals surface area contributed by atoms with E-state index in [1.165, 1.54) is 7.11 Å². The largest absolute Gasteiger partial charge is 0.573 e. The molecule has 0 aromatic carbocycles. The van der Waals surface area contributed by atoms with Crippen LogP contribution in [-0.2, 0) is 22.5 Å². The molecule has 106 valence electrons. The Labute approximate surface area is 107 Å². The van der Waals surface area contributed by atoms with Crippen molar-refractivity contribution in [1.82, 2.24) is 4.98 Å². The number of carbonyl (C=O) groups excluding carboxylic acids is 1. The van der Waals surface area contributed by atoms with E-state index in [0.29, 0.717) is 11.3 Å². The molecule has 0 saturated heterocycles. The summed E-state index contributed by atoms with van der Waals surface area (Å²) in [4.78, 5) is 15.1. The number of aryl methyl sites for hydroxylation is 1. The highest BCUT2D eigenvalue weighted by molar-refractivity contribution is 5.72. The third-order valence-electron chi connectivity index (χ3n) is 2.34. The van der Waals surface area contributed by atoms with Crippen LogP contribution in [0.5, 0.6) is 5.75 Å². The van der Waals surface area contributed by atoms with Crippen LogP contribution in [0.1, 0.15) is 17.0 Å². The van der Waals surface area contributed by atoms with Gasteiger partial charge in [0.2, 0.25) is 0 Å². The number of alkyl halides is 3. The van der Waals surface area contributed by atoms with Gasteiger partial charge in [-0.1, -0.05) is 0 Å². The van der Waals surface area contributed by atoms with Crippen molar-refractivity contribution in [3.8, 4) is 5.75 Å². The predicted molar refractivity (Wildman–Crippen MR) is 59.3 cm³/mol. The highest BCUT2D eigenvalue weighted by atomic mass is 19.4. The standard InChI is InChI=1S/C11H13F3N2O3/c1-6-7(4-10(17)18-2)3-9(8(5-15)16-6)19-11(12,13)14/h3H,4-5,15H2,1-2H3. The first kappa shape index (κ1) is 15.2. The minimum Gasteiger partial charge on any atom is -0.469 e. The third kappa shape index (κ3) is 4.40. The molecule has 0 unspecified atom stereocenters. The van der Waals surface area contributed by atoms with E-state index in [4.69, 9.17) is 5.73 Å². The molecular formula is C11H13F3N2O3. The maximum atomic E-state index is 12.2. The molecule has 0 radical (unpaired) electrons. The molecule has 0 saturated carbocycles. The molecule has 0 bridgehead atoms. The molecule has 5 nitrogen and oxygen atoms in total. The zero-order chi connectivity index (χ0) is 14.6. The van der Waals surface area contributed by atoms with Crippen molar-refractivity contribution >= 4 is 5.97 Å². The Morgan fingerprint density at radius 1 is 1.47 bits per heavy atom. The maximum Gasteiger partial charge on any atom is 0.573 e. The second kappa shape index (κ2) is 5.87. The van der Waals surface area contributed by atoms with Gasteiger partial charge in [-0.2, -0.15) is 0 Å². The topological polar surface area (TPSA) is 74.4 Å². The summed E-state index contributed by atoms with van der Waals surface area (Å²) >= 11 is 0. The second-order valence-electron chi connectivity index (χ2n) is 3.68. The Bertz CT molecular complexity index is 475. The number of nitrogens with zero attached hydrogens (tertiary/aromatic N) is 1. The van der Waals surface area contributed by atoms with Gasteiger partial charge in [-0.25, -0.2) is 0 Å². The van der Waals surface area contributed by atoms with Gasteiger partial charge >= 0.3 is 12.3 Å². The maximum absolute atomic E-state index is 12.2. The number of halogens is 3. The van der Waals surface area contributed by atoms with Crippen LogP contribution in [-0.4, -0.2) is 24.4 Å². The van der Waals surface area contributed by atoms with Gasteiger partial charge in [0.25, 0.3) is 0 Å². The van der Waals surface area contributed by atoms with Gasteiger partial charge in [0.15, 0.2) is 5.75 Å². The lowest BCUT2D eigenvalue weighted by atomic mass is 10.1. The molecule has 0 aliphatic rings. The monoisotopic (exact) mass is 278 g/mol. The quantitative estimate of drug-likeness (QED) is 0.844.